The first-order valence-corrected chi connectivity index (χ1v) is 13.9. The van der Waals surface area contributed by atoms with Crippen LogP contribution in [-0.2, 0) is 0 Å². The monoisotopic (exact) mass is 530 g/mol. The van der Waals surface area contributed by atoms with E-state index in [2.05, 4.69) is 145 Å². The number of hydrogen-bond donors (Lipinski definition) is 3. The van der Waals surface area contributed by atoms with Crippen molar-refractivity contribution >= 4 is 34.1 Å². The van der Waals surface area contributed by atoms with E-state index >= 15 is 0 Å². The molecule has 0 spiro atoms. The number of para-hydroxylation sites is 2. The molecule has 0 aliphatic carbocycles. The van der Waals surface area contributed by atoms with Gasteiger partial charge in [0.2, 0.25) is 0 Å². The van der Waals surface area contributed by atoms with Crippen LogP contribution in [-0.4, -0.2) is 0 Å². The summed E-state index contributed by atoms with van der Waals surface area (Å²) in [4.78, 5) is 0. The van der Waals surface area contributed by atoms with Gasteiger partial charge in [0.15, 0.2) is 0 Å². The van der Waals surface area contributed by atoms with Crippen molar-refractivity contribution in [3.05, 3.63) is 175 Å². The molecule has 0 amide bonds. The Kier molecular flexibility index (Phi) is 7.68. The first-order chi connectivity index (χ1) is 20.2. The van der Waals surface area contributed by atoms with E-state index in [1.54, 1.807) is 0 Å². The SMILES string of the molecule is Cc1cccc(Nc2ccc(-c3cc(Nc4ccccc4)ccc3[CH+]c3ccc(Nc4ccccc4)cc3)cc2)c1. The molecule has 0 aliphatic heterocycles. The van der Waals surface area contributed by atoms with Crippen molar-refractivity contribution < 1.29 is 0 Å². The lowest BCUT2D eigenvalue weighted by Crippen LogP contribution is -1.96. The summed E-state index contributed by atoms with van der Waals surface area (Å²) in [6, 6.07) is 52.7. The van der Waals surface area contributed by atoms with Gasteiger partial charge in [-0.25, -0.2) is 0 Å². The van der Waals surface area contributed by atoms with Gasteiger partial charge in [-0.3, -0.25) is 0 Å². The lowest BCUT2D eigenvalue weighted by Gasteiger charge is -2.12. The van der Waals surface area contributed by atoms with Crippen LogP contribution in [0.4, 0.5) is 34.1 Å². The highest BCUT2D eigenvalue weighted by Crippen LogP contribution is 2.32. The van der Waals surface area contributed by atoms with E-state index in [9.17, 15) is 0 Å². The Morgan fingerprint density at radius 2 is 0.902 bits per heavy atom. The maximum atomic E-state index is 3.55. The molecule has 0 bridgehead atoms. The van der Waals surface area contributed by atoms with Gasteiger partial charge >= 0.3 is 0 Å². The molecule has 0 fully saturated rings. The van der Waals surface area contributed by atoms with Crippen LogP contribution in [0.1, 0.15) is 16.7 Å². The molecule has 0 saturated heterocycles. The predicted molar refractivity (Wildman–Crippen MR) is 175 cm³/mol. The molecule has 0 unspecified atom stereocenters. The molecule has 6 aromatic rings. The second-order valence-corrected chi connectivity index (χ2v) is 10.1. The molecule has 0 aliphatic rings. The fourth-order valence-electron chi connectivity index (χ4n) is 4.85. The summed E-state index contributed by atoms with van der Waals surface area (Å²) >= 11 is 0. The van der Waals surface area contributed by atoms with E-state index in [1.807, 2.05) is 36.4 Å². The molecular weight excluding hydrogens is 498 g/mol. The van der Waals surface area contributed by atoms with Crippen LogP contribution in [0.15, 0.2) is 152 Å². The molecule has 0 radical (unpaired) electrons. The summed E-state index contributed by atoms with van der Waals surface area (Å²) in [5.41, 5.74) is 12.3. The summed E-state index contributed by atoms with van der Waals surface area (Å²) in [5, 5.41) is 10.5. The van der Waals surface area contributed by atoms with E-state index in [0.29, 0.717) is 0 Å². The Bertz CT molecular complexity index is 1710. The summed E-state index contributed by atoms with van der Waals surface area (Å²) in [6.45, 7) is 2.11. The molecule has 198 valence electrons. The van der Waals surface area contributed by atoms with Crippen molar-refractivity contribution in [2.75, 3.05) is 16.0 Å². The van der Waals surface area contributed by atoms with Crippen molar-refractivity contribution in [2.24, 2.45) is 0 Å². The van der Waals surface area contributed by atoms with Gasteiger partial charge in [-0.05, 0) is 91.3 Å². The van der Waals surface area contributed by atoms with Gasteiger partial charge in [-0.2, -0.15) is 0 Å². The predicted octanol–water partition coefficient (Wildman–Crippen LogP) is 10.5. The Morgan fingerprint density at radius 3 is 1.51 bits per heavy atom. The second kappa shape index (κ2) is 12.2. The molecule has 3 nitrogen and oxygen atoms in total. The molecule has 6 rings (SSSR count). The van der Waals surface area contributed by atoms with Gasteiger partial charge in [-0.1, -0.05) is 48.5 Å². The van der Waals surface area contributed by atoms with Gasteiger partial charge in [0.05, 0.1) is 28.1 Å². The fraction of sp³-hybridized carbons (Fsp3) is 0.0263. The molecule has 6 aromatic carbocycles. The third kappa shape index (κ3) is 6.78. The minimum atomic E-state index is 1.05. The van der Waals surface area contributed by atoms with Crippen LogP contribution in [0.3, 0.4) is 0 Å². The molecule has 41 heavy (non-hydrogen) atoms. The van der Waals surface area contributed by atoms with E-state index in [1.165, 1.54) is 11.1 Å². The zero-order chi connectivity index (χ0) is 27.9. The second-order valence-electron chi connectivity index (χ2n) is 10.1. The van der Waals surface area contributed by atoms with E-state index in [4.69, 9.17) is 0 Å². The standard InChI is InChI=1S/C38H32N3/c1-28-9-8-14-36(25-28)41-35-22-17-30(18-23-35)38-27-37(40-33-12-6-3-7-13-33)24-19-31(38)26-29-15-20-34(21-16-29)39-32-10-4-2-5-11-32/h2-27,39-41H,1H3/q+1. The lowest BCUT2D eigenvalue weighted by molar-refractivity contribution is 1.41. The van der Waals surface area contributed by atoms with Crippen LogP contribution < -0.4 is 16.0 Å². The van der Waals surface area contributed by atoms with Crippen LogP contribution in [0.2, 0.25) is 0 Å². The highest BCUT2D eigenvalue weighted by molar-refractivity contribution is 5.77. The van der Waals surface area contributed by atoms with Crippen LogP contribution in [0, 0.1) is 13.3 Å². The van der Waals surface area contributed by atoms with Gasteiger partial charge < -0.3 is 16.0 Å². The van der Waals surface area contributed by atoms with E-state index in [0.717, 1.165) is 50.8 Å². The largest absolute Gasteiger partial charge is 0.356 e. The maximum Gasteiger partial charge on any atom is 0.0807 e. The summed E-state index contributed by atoms with van der Waals surface area (Å²) in [7, 11) is 0. The Morgan fingerprint density at radius 1 is 0.415 bits per heavy atom. The average molecular weight is 531 g/mol. The Labute approximate surface area is 242 Å². The van der Waals surface area contributed by atoms with Crippen molar-refractivity contribution in [1.29, 1.82) is 0 Å². The fourth-order valence-corrected chi connectivity index (χ4v) is 4.85. The molecule has 0 saturated carbocycles. The first-order valence-electron chi connectivity index (χ1n) is 13.9. The smallest absolute Gasteiger partial charge is 0.0807 e. The summed E-state index contributed by atoms with van der Waals surface area (Å²) < 4.78 is 0. The minimum Gasteiger partial charge on any atom is -0.356 e. The van der Waals surface area contributed by atoms with Crippen molar-refractivity contribution in [3.63, 3.8) is 0 Å². The molecular formula is C38H32N3+. The third-order valence-electron chi connectivity index (χ3n) is 6.91. The zero-order valence-corrected chi connectivity index (χ0v) is 23.0. The molecule has 3 heteroatoms. The quantitative estimate of drug-likeness (QED) is 0.163. The summed E-state index contributed by atoms with van der Waals surface area (Å²) in [5.74, 6) is 0. The van der Waals surface area contributed by atoms with Crippen molar-refractivity contribution in [1.82, 2.24) is 0 Å². The van der Waals surface area contributed by atoms with Crippen molar-refractivity contribution in [3.8, 4) is 11.1 Å². The van der Waals surface area contributed by atoms with E-state index in [-0.39, 0.29) is 0 Å². The van der Waals surface area contributed by atoms with Crippen LogP contribution in [0.5, 0.6) is 0 Å². The number of aryl methyl sites for hydroxylation is 1. The number of anilines is 6. The zero-order valence-electron chi connectivity index (χ0n) is 23.0. The molecule has 0 aromatic heterocycles. The third-order valence-corrected chi connectivity index (χ3v) is 6.91. The average Bonchev–Trinajstić information content (AvgIpc) is 3.00. The molecule has 0 atom stereocenters. The lowest BCUT2D eigenvalue weighted by atomic mass is 9.94. The van der Waals surface area contributed by atoms with Gasteiger partial charge in [-0.15, -0.1) is 0 Å². The Balaban J connectivity index is 1.26. The topological polar surface area (TPSA) is 36.1 Å². The number of rotatable bonds is 9. The highest BCUT2D eigenvalue weighted by atomic mass is 14.9. The normalized spacial score (nSPS) is 10.6. The van der Waals surface area contributed by atoms with Gasteiger partial charge in [0, 0.05) is 59.0 Å². The van der Waals surface area contributed by atoms with E-state index < -0.39 is 0 Å². The van der Waals surface area contributed by atoms with Crippen LogP contribution in [0.25, 0.3) is 11.1 Å². The number of benzene rings is 6. The number of hydrogen-bond acceptors (Lipinski definition) is 3. The van der Waals surface area contributed by atoms with Crippen molar-refractivity contribution in [2.45, 2.75) is 6.92 Å². The maximum absolute atomic E-state index is 3.55. The summed E-state index contributed by atoms with van der Waals surface area (Å²) in [6.07, 6.45) is 2.24. The van der Waals surface area contributed by atoms with Gasteiger partial charge in [0.1, 0.15) is 0 Å². The molecule has 3 N–H and O–H groups in total. The minimum absolute atomic E-state index is 1.05. The Hall–Kier alpha value is -5.41. The highest BCUT2D eigenvalue weighted by Gasteiger charge is 2.15. The number of nitrogens with one attached hydrogen (secondary N) is 3. The molecule has 0 heterocycles. The van der Waals surface area contributed by atoms with Gasteiger partial charge in [0.25, 0.3) is 0 Å². The van der Waals surface area contributed by atoms with Crippen LogP contribution >= 0.6 is 0 Å². The first kappa shape index (κ1) is 25.8.